The molecular formula is C15H22INS. The maximum absolute atomic E-state index is 2.83. The molecule has 0 N–H and O–H groups in total. The van der Waals surface area contributed by atoms with Crippen LogP contribution < -0.4 is 0 Å². The molecule has 0 radical (unpaired) electrons. The third-order valence-electron chi connectivity index (χ3n) is 4.67. The first-order chi connectivity index (χ1) is 8.81. The van der Waals surface area contributed by atoms with E-state index in [2.05, 4.69) is 38.9 Å². The van der Waals surface area contributed by atoms with E-state index in [9.17, 15) is 0 Å². The van der Waals surface area contributed by atoms with Crippen molar-refractivity contribution in [2.45, 2.75) is 56.9 Å². The predicted octanol–water partition coefficient (Wildman–Crippen LogP) is 5.00. The lowest BCUT2D eigenvalue weighted by Gasteiger charge is -2.48. The van der Waals surface area contributed by atoms with Crippen LogP contribution in [0.3, 0.4) is 0 Å². The van der Waals surface area contributed by atoms with Gasteiger partial charge in [0.15, 0.2) is 0 Å². The van der Waals surface area contributed by atoms with E-state index in [0.29, 0.717) is 5.54 Å². The number of hydrogen-bond acceptors (Lipinski definition) is 2. The molecule has 1 saturated carbocycles. The summed E-state index contributed by atoms with van der Waals surface area (Å²) in [5.41, 5.74) is 0.409. The molecule has 1 aliphatic heterocycles. The minimum atomic E-state index is 0.409. The smallest absolute Gasteiger partial charge is 0.0554 e. The highest BCUT2D eigenvalue weighted by atomic mass is 125. The Labute approximate surface area is 128 Å². The van der Waals surface area contributed by atoms with Crippen LogP contribution >= 0.6 is 33.9 Å². The molecule has 2 heterocycles. The topological polar surface area (TPSA) is 3.24 Å². The van der Waals surface area contributed by atoms with Crippen molar-refractivity contribution >= 4 is 33.9 Å². The lowest BCUT2D eigenvalue weighted by Crippen LogP contribution is -2.49. The first-order valence-corrected chi connectivity index (χ1v) is 9.27. The lowest BCUT2D eigenvalue weighted by atomic mass is 9.78. The van der Waals surface area contributed by atoms with Crippen LogP contribution in [-0.2, 0) is 5.54 Å². The van der Waals surface area contributed by atoms with E-state index in [-0.39, 0.29) is 0 Å². The maximum Gasteiger partial charge on any atom is 0.0554 e. The zero-order valence-electron chi connectivity index (χ0n) is 11.0. The van der Waals surface area contributed by atoms with Crippen molar-refractivity contribution < 1.29 is 0 Å². The number of piperidine rings is 1. The quantitative estimate of drug-likeness (QED) is 0.660. The zero-order valence-corrected chi connectivity index (χ0v) is 13.9. The van der Waals surface area contributed by atoms with Crippen LogP contribution in [0.5, 0.6) is 0 Å². The molecule has 0 spiro atoms. The van der Waals surface area contributed by atoms with Crippen LogP contribution in [0, 0.1) is 3.57 Å². The molecule has 3 heteroatoms. The molecule has 0 aromatic carbocycles. The van der Waals surface area contributed by atoms with Crippen molar-refractivity contribution in [2.75, 3.05) is 13.1 Å². The largest absolute Gasteiger partial charge is 0.293 e. The predicted molar refractivity (Wildman–Crippen MR) is 87.2 cm³/mol. The molecule has 1 nitrogen and oxygen atoms in total. The molecule has 1 saturated heterocycles. The van der Waals surface area contributed by atoms with E-state index >= 15 is 0 Å². The normalized spacial score (nSPS) is 25.2. The van der Waals surface area contributed by atoms with Crippen LogP contribution in [0.4, 0.5) is 0 Å². The molecule has 18 heavy (non-hydrogen) atoms. The fourth-order valence-electron chi connectivity index (χ4n) is 3.73. The highest BCUT2D eigenvalue weighted by molar-refractivity contribution is 14.1. The van der Waals surface area contributed by atoms with Gasteiger partial charge in [0.2, 0.25) is 0 Å². The van der Waals surface area contributed by atoms with E-state index < -0.39 is 0 Å². The Morgan fingerprint density at radius 3 is 2.28 bits per heavy atom. The summed E-state index contributed by atoms with van der Waals surface area (Å²) in [6, 6.07) is 2.45. The molecular weight excluding hydrogens is 351 g/mol. The van der Waals surface area contributed by atoms with Gasteiger partial charge in [-0.05, 0) is 67.4 Å². The number of nitrogens with zero attached hydrogens (tertiary/aromatic N) is 1. The van der Waals surface area contributed by atoms with Gasteiger partial charge in [-0.2, -0.15) is 0 Å². The lowest BCUT2D eigenvalue weighted by molar-refractivity contribution is 0.0332. The van der Waals surface area contributed by atoms with Gasteiger partial charge in [-0.25, -0.2) is 0 Å². The molecule has 100 valence electrons. The fourth-order valence-corrected chi connectivity index (χ4v) is 5.69. The van der Waals surface area contributed by atoms with Crippen LogP contribution in [0.25, 0.3) is 0 Å². The summed E-state index contributed by atoms with van der Waals surface area (Å²) in [6.45, 7) is 2.66. The minimum absolute atomic E-state index is 0.409. The standard InChI is InChI=1S/C15H22INS/c16-13-11-14(18-12-13)15(7-3-1-4-8-15)17-9-5-2-6-10-17/h11-12H,1-10H2/i16-2. The monoisotopic (exact) mass is 373 g/mol. The second-order valence-electron chi connectivity index (χ2n) is 5.77. The number of rotatable bonds is 2. The first-order valence-electron chi connectivity index (χ1n) is 7.31. The van der Waals surface area contributed by atoms with Gasteiger partial charge in [-0.15, -0.1) is 11.3 Å². The number of hydrogen-bond donors (Lipinski definition) is 0. The Kier molecular flexibility index (Phi) is 4.31. The van der Waals surface area contributed by atoms with Crippen LogP contribution in [-0.4, -0.2) is 18.0 Å². The van der Waals surface area contributed by atoms with Gasteiger partial charge < -0.3 is 0 Å². The van der Waals surface area contributed by atoms with Crippen molar-refractivity contribution in [2.24, 2.45) is 0 Å². The second-order valence-corrected chi connectivity index (χ2v) is 7.93. The number of thiophene rings is 1. The second kappa shape index (κ2) is 5.80. The molecule has 0 unspecified atom stereocenters. The van der Waals surface area contributed by atoms with Gasteiger partial charge in [0, 0.05) is 13.8 Å². The maximum atomic E-state index is 2.83. The van der Waals surface area contributed by atoms with Gasteiger partial charge in [0.25, 0.3) is 0 Å². The summed E-state index contributed by atoms with van der Waals surface area (Å²) in [5.74, 6) is 0. The molecule has 2 fully saturated rings. The highest BCUT2D eigenvalue weighted by Crippen LogP contribution is 2.45. The van der Waals surface area contributed by atoms with Gasteiger partial charge in [0.05, 0.1) is 5.54 Å². The van der Waals surface area contributed by atoms with Crippen molar-refractivity contribution in [1.82, 2.24) is 4.90 Å². The SMILES string of the molecule is [125I]c1csc(C2(N3CCCCC3)CCCCC2)c1. The molecule has 1 aliphatic carbocycles. The van der Waals surface area contributed by atoms with E-state index in [0.717, 1.165) is 0 Å². The Balaban J connectivity index is 1.91. The van der Waals surface area contributed by atoms with Crippen LogP contribution in [0.15, 0.2) is 11.4 Å². The Morgan fingerprint density at radius 1 is 1.00 bits per heavy atom. The minimum Gasteiger partial charge on any atom is -0.293 e. The van der Waals surface area contributed by atoms with E-state index in [1.165, 1.54) is 68.0 Å². The van der Waals surface area contributed by atoms with Crippen molar-refractivity contribution in [3.05, 3.63) is 19.9 Å². The average molecular weight is 373 g/mol. The van der Waals surface area contributed by atoms with E-state index in [4.69, 9.17) is 0 Å². The molecule has 0 atom stereocenters. The Hall–Kier alpha value is 0.390. The fraction of sp³-hybridized carbons (Fsp3) is 0.733. The van der Waals surface area contributed by atoms with Crippen molar-refractivity contribution in [3.63, 3.8) is 0 Å². The van der Waals surface area contributed by atoms with Gasteiger partial charge >= 0.3 is 0 Å². The summed E-state index contributed by atoms with van der Waals surface area (Å²) < 4.78 is 1.43. The highest BCUT2D eigenvalue weighted by Gasteiger charge is 2.40. The summed E-state index contributed by atoms with van der Waals surface area (Å²) in [4.78, 5) is 4.48. The first kappa shape index (κ1) is 13.4. The number of halogens is 1. The van der Waals surface area contributed by atoms with E-state index in [1.807, 2.05) is 11.3 Å². The van der Waals surface area contributed by atoms with E-state index in [1.54, 1.807) is 4.88 Å². The summed E-state index contributed by atoms with van der Waals surface area (Å²) in [5, 5.41) is 2.33. The van der Waals surface area contributed by atoms with Crippen molar-refractivity contribution in [1.29, 1.82) is 0 Å². The molecule has 2 aliphatic rings. The molecule has 0 bridgehead atoms. The molecule has 1 aromatic rings. The van der Waals surface area contributed by atoms with Crippen LogP contribution in [0.1, 0.15) is 56.2 Å². The van der Waals surface area contributed by atoms with Gasteiger partial charge in [-0.3, -0.25) is 4.90 Å². The Bertz CT molecular complexity index is 389. The van der Waals surface area contributed by atoms with Crippen molar-refractivity contribution in [3.8, 4) is 0 Å². The molecule has 1 aromatic heterocycles. The number of likely N-dealkylation sites (tertiary alicyclic amines) is 1. The third-order valence-corrected chi connectivity index (χ3v) is 6.84. The van der Waals surface area contributed by atoms with Gasteiger partial charge in [-0.1, -0.05) is 25.7 Å². The zero-order chi connectivity index (χ0) is 12.4. The average Bonchev–Trinajstić information content (AvgIpc) is 2.88. The Morgan fingerprint density at radius 2 is 1.67 bits per heavy atom. The third kappa shape index (κ3) is 2.50. The summed E-state index contributed by atoms with van der Waals surface area (Å²) in [7, 11) is 0. The summed E-state index contributed by atoms with van der Waals surface area (Å²) in [6.07, 6.45) is 11.3. The molecule has 0 amide bonds. The van der Waals surface area contributed by atoms with Gasteiger partial charge in [0.1, 0.15) is 0 Å². The molecule has 3 rings (SSSR count). The summed E-state index contributed by atoms with van der Waals surface area (Å²) >= 11 is 4.47. The van der Waals surface area contributed by atoms with Crippen LogP contribution in [0.2, 0.25) is 0 Å².